The number of rotatable bonds is 2. The fourth-order valence-corrected chi connectivity index (χ4v) is 2.98. The summed E-state index contributed by atoms with van der Waals surface area (Å²) in [5, 5.41) is 7.53. The van der Waals surface area contributed by atoms with Crippen molar-refractivity contribution in [1.29, 1.82) is 0 Å². The maximum atomic E-state index is 12.7. The van der Waals surface area contributed by atoms with Gasteiger partial charge in [-0.05, 0) is 30.3 Å². The molecule has 8 heteroatoms. The zero-order valence-electron chi connectivity index (χ0n) is 13.8. The number of aromatic nitrogens is 2. The molecule has 2 heterocycles. The zero-order valence-corrected chi connectivity index (χ0v) is 14.5. The molecule has 132 valence electrons. The monoisotopic (exact) mass is 371 g/mol. The van der Waals surface area contributed by atoms with Crippen molar-refractivity contribution in [3.63, 3.8) is 0 Å². The van der Waals surface area contributed by atoms with Crippen molar-refractivity contribution in [1.82, 2.24) is 9.78 Å². The Hall–Kier alpha value is -3.06. The number of ether oxygens (including phenoxy) is 2. The Morgan fingerprint density at radius 2 is 1.92 bits per heavy atom. The SMILES string of the molecule is Cn1nc(C(=O)Nc2ccc3c(c2)OCCO3)c(=O)c2cc(Cl)ccc21. The molecule has 1 N–H and O–H groups in total. The summed E-state index contributed by atoms with van der Waals surface area (Å²) >= 11 is 5.98. The number of aryl methyl sites for hydroxylation is 1. The Bertz CT molecular complexity index is 1090. The van der Waals surface area contributed by atoms with Gasteiger partial charge in [0.25, 0.3) is 5.91 Å². The van der Waals surface area contributed by atoms with Gasteiger partial charge in [0.15, 0.2) is 17.2 Å². The van der Waals surface area contributed by atoms with E-state index in [9.17, 15) is 9.59 Å². The number of hydrogen-bond acceptors (Lipinski definition) is 5. The van der Waals surface area contributed by atoms with Crippen LogP contribution in [0.1, 0.15) is 10.5 Å². The predicted molar refractivity (Wildman–Crippen MR) is 97.4 cm³/mol. The van der Waals surface area contributed by atoms with Crippen molar-refractivity contribution in [2.45, 2.75) is 0 Å². The molecule has 0 spiro atoms. The van der Waals surface area contributed by atoms with Gasteiger partial charge in [-0.1, -0.05) is 11.6 Å². The molecule has 0 saturated carbocycles. The first-order chi connectivity index (χ1) is 12.5. The van der Waals surface area contributed by atoms with E-state index in [2.05, 4.69) is 10.4 Å². The van der Waals surface area contributed by atoms with Crippen molar-refractivity contribution in [2.75, 3.05) is 18.5 Å². The molecule has 7 nitrogen and oxygen atoms in total. The molecule has 0 bridgehead atoms. The van der Waals surface area contributed by atoms with Crippen LogP contribution >= 0.6 is 11.6 Å². The third kappa shape index (κ3) is 2.86. The number of fused-ring (bicyclic) bond motifs is 2. The average molecular weight is 372 g/mol. The van der Waals surface area contributed by atoms with Crippen LogP contribution in [-0.4, -0.2) is 28.9 Å². The third-order valence-corrected chi connectivity index (χ3v) is 4.27. The molecule has 0 unspecified atom stereocenters. The van der Waals surface area contributed by atoms with Crippen molar-refractivity contribution in [3.05, 3.63) is 57.3 Å². The zero-order chi connectivity index (χ0) is 18.3. The molecule has 1 aliphatic rings. The lowest BCUT2D eigenvalue weighted by Crippen LogP contribution is -2.26. The highest BCUT2D eigenvalue weighted by Gasteiger charge is 2.18. The molecule has 0 radical (unpaired) electrons. The van der Waals surface area contributed by atoms with Crippen LogP contribution in [0, 0.1) is 0 Å². The van der Waals surface area contributed by atoms with Gasteiger partial charge in [-0.3, -0.25) is 14.3 Å². The van der Waals surface area contributed by atoms with Crippen LogP contribution in [0.3, 0.4) is 0 Å². The van der Waals surface area contributed by atoms with Crippen molar-refractivity contribution in [2.24, 2.45) is 7.05 Å². The molecule has 1 aliphatic heterocycles. The maximum Gasteiger partial charge on any atom is 0.280 e. The van der Waals surface area contributed by atoms with Crippen LogP contribution in [0.2, 0.25) is 5.02 Å². The molecule has 0 atom stereocenters. The van der Waals surface area contributed by atoms with Crippen LogP contribution in [-0.2, 0) is 7.05 Å². The Kier molecular flexibility index (Phi) is 4.00. The molecule has 4 rings (SSSR count). The summed E-state index contributed by atoms with van der Waals surface area (Å²) in [7, 11) is 1.66. The van der Waals surface area contributed by atoms with Gasteiger partial charge in [-0.15, -0.1) is 0 Å². The van der Waals surface area contributed by atoms with E-state index in [0.29, 0.717) is 46.3 Å². The average Bonchev–Trinajstić information content (AvgIpc) is 2.64. The number of amides is 1. The summed E-state index contributed by atoms with van der Waals surface area (Å²) in [6, 6.07) is 9.91. The molecule has 0 aliphatic carbocycles. The fourth-order valence-electron chi connectivity index (χ4n) is 2.81. The molecular weight excluding hydrogens is 358 g/mol. The summed E-state index contributed by atoms with van der Waals surface area (Å²) in [5.41, 5.74) is 0.386. The number of nitrogens with one attached hydrogen (secondary N) is 1. The highest BCUT2D eigenvalue weighted by molar-refractivity contribution is 6.31. The van der Waals surface area contributed by atoms with Crippen molar-refractivity contribution >= 4 is 34.1 Å². The van der Waals surface area contributed by atoms with Crippen LogP contribution in [0.4, 0.5) is 5.69 Å². The van der Waals surface area contributed by atoms with E-state index in [4.69, 9.17) is 21.1 Å². The van der Waals surface area contributed by atoms with Crippen LogP contribution in [0.25, 0.3) is 10.9 Å². The summed E-state index contributed by atoms with van der Waals surface area (Å²) < 4.78 is 12.4. The Morgan fingerprint density at radius 3 is 2.73 bits per heavy atom. The van der Waals surface area contributed by atoms with Gasteiger partial charge in [0.2, 0.25) is 5.43 Å². The minimum atomic E-state index is -0.607. The van der Waals surface area contributed by atoms with E-state index in [-0.39, 0.29) is 5.69 Å². The Balaban J connectivity index is 1.70. The second kappa shape index (κ2) is 6.34. The number of carbonyl (C=O) groups is 1. The van der Waals surface area contributed by atoms with Gasteiger partial charge >= 0.3 is 0 Å². The molecule has 0 fully saturated rings. The largest absolute Gasteiger partial charge is 0.486 e. The van der Waals surface area contributed by atoms with Gasteiger partial charge in [0.05, 0.1) is 10.9 Å². The molecule has 0 saturated heterocycles. The van der Waals surface area contributed by atoms with Crippen molar-refractivity contribution in [3.8, 4) is 11.5 Å². The minimum Gasteiger partial charge on any atom is -0.486 e. The number of anilines is 1. The predicted octanol–water partition coefficient (Wildman–Crippen LogP) is 2.61. The van der Waals surface area contributed by atoms with E-state index < -0.39 is 11.3 Å². The van der Waals surface area contributed by atoms with Gasteiger partial charge in [-0.25, -0.2) is 0 Å². The van der Waals surface area contributed by atoms with E-state index in [0.717, 1.165) is 0 Å². The number of halogens is 1. The number of benzene rings is 2. The highest BCUT2D eigenvalue weighted by atomic mass is 35.5. The summed E-state index contributed by atoms with van der Waals surface area (Å²) in [6.07, 6.45) is 0. The van der Waals surface area contributed by atoms with Crippen molar-refractivity contribution < 1.29 is 14.3 Å². The van der Waals surface area contributed by atoms with Crippen LogP contribution in [0.5, 0.6) is 11.5 Å². The maximum absolute atomic E-state index is 12.7. The fraction of sp³-hybridized carbons (Fsp3) is 0.167. The van der Waals surface area contributed by atoms with E-state index in [1.54, 1.807) is 37.4 Å². The van der Waals surface area contributed by atoms with Gasteiger partial charge < -0.3 is 14.8 Å². The number of carbonyl (C=O) groups excluding carboxylic acids is 1. The topological polar surface area (TPSA) is 82.5 Å². The highest BCUT2D eigenvalue weighted by Crippen LogP contribution is 2.32. The molecule has 26 heavy (non-hydrogen) atoms. The standard InChI is InChI=1S/C18H14ClN3O4/c1-22-13-4-2-10(19)8-12(13)17(23)16(21-22)18(24)20-11-3-5-14-15(9-11)26-7-6-25-14/h2-5,8-9H,6-7H2,1H3,(H,20,24). The van der Waals surface area contributed by atoms with E-state index in [1.807, 2.05) is 0 Å². The summed E-state index contributed by atoms with van der Waals surface area (Å²) in [4.78, 5) is 25.2. The van der Waals surface area contributed by atoms with Gasteiger partial charge in [-0.2, -0.15) is 5.10 Å². The first kappa shape index (κ1) is 16.4. The quantitative estimate of drug-likeness (QED) is 0.748. The first-order valence-corrected chi connectivity index (χ1v) is 8.28. The number of hydrogen-bond donors (Lipinski definition) is 1. The second-order valence-electron chi connectivity index (χ2n) is 5.78. The van der Waals surface area contributed by atoms with Gasteiger partial charge in [0, 0.05) is 23.8 Å². The summed E-state index contributed by atoms with van der Waals surface area (Å²) in [6.45, 7) is 0.927. The molecule has 2 aromatic carbocycles. The molecule has 3 aromatic rings. The Morgan fingerprint density at radius 1 is 1.15 bits per heavy atom. The minimum absolute atomic E-state index is 0.211. The first-order valence-electron chi connectivity index (χ1n) is 7.90. The Labute approximate surface area is 153 Å². The lowest BCUT2D eigenvalue weighted by atomic mass is 10.2. The van der Waals surface area contributed by atoms with E-state index >= 15 is 0 Å². The van der Waals surface area contributed by atoms with Crippen LogP contribution in [0.15, 0.2) is 41.2 Å². The normalized spacial score (nSPS) is 12.8. The smallest absolute Gasteiger partial charge is 0.280 e. The summed E-state index contributed by atoms with van der Waals surface area (Å²) in [5.74, 6) is 0.549. The lowest BCUT2D eigenvalue weighted by molar-refractivity contribution is 0.101. The number of nitrogens with zero attached hydrogens (tertiary/aromatic N) is 2. The molecular formula is C18H14ClN3O4. The van der Waals surface area contributed by atoms with Gasteiger partial charge in [0.1, 0.15) is 13.2 Å². The van der Waals surface area contributed by atoms with E-state index in [1.165, 1.54) is 10.7 Å². The molecule has 1 amide bonds. The van der Waals surface area contributed by atoms with Crippen LogP contribution < -0.4 is 20.2 Å². The second-order valence-corrected chi connectivity index (χ2v) is 6.21. The lowest BCUT2D eigenvalue weighted by Gasteiger charge is -2.19. The molecule has 1 aromatic heterocycles. The third-order valence-electron chi connectivity index (χ3n) is 4.03.